The highest BCUT2D eigenvalue weighted by molar-refractivity contribution is 5.93. The molecular weight excluding hydrogens is 218 g/mol. The van der Waals surface area contributed by atoms with E-state index in [9.17, 15) is 9.59 Å². The van der Waals surface area contributed by atoms with Gasteiger partial charge in [0.1, 0.15) is 0 Å². The number of hydrogen-bond donors (Lipinski definition) is 2. The number of rotatable bonds is 4. The van der Waals surface area contributed by atoms with Gasteiger partial charge >= 0.3 is 5.97 Å². The van der Waals surface area contributed by atoms with Crippen LogP contribution >= 0.6 is 0 Å². The predicted octanol–water partition coefficient (Wildman–Crippen LogP) is 1.07. The molecule has 0 unspecified atom stereocenters. The summed E-state index contributed by atoms with van der Waals surface area (Å²) in [5.41, 5.74) is 1.23. The summed E-state index contributed by atoms with van der Waals surface area (Å²) in [7, 11) is 0. The maximum absolute atomic E-state index is 11.0. The van der Waals surface area contributed by atoms with Crippen LogP contribution in [0, 0.1) is 11.8 Å². The highest BCUT2D eigenvalue weighted by atomic mass is 16.4. The van der Waals surface area contributed by atoms with Crippen molar-refractivity contribution in [2.45, 2.75) is 13.3 Å². The van der Waals surface area contributed by atoms with Gasteiger partial charge in [-0.05, 0) is 37.0 Å². The fourth-order valence-corrected chi connectivity index (χ4v) is 1.29. The summed E-state index contributed by atoms with van der Waals surface area (Å²) >= 11 is 0. The van der Waals surface area contributed by atoms with E-state index in [1.807, 2.05) is 0 Å². The van der Waals surface area contributed by atoms with Gasteiger partial charge in [-0.2, -0.15) is 0 Å². The summed E-state index contributed by atoms with van der Waals surface area (Å²) < 4.78 is 0. The zero-order valence-corrected chi connectivity index (χ0v) is 9.49. The molecule has 1 amide bonds. The average molecular weight is 231 g/mol. The van der Waals surface area contributed by atoms with Gasteiger partial charge in [0.2, 0.25) is 0 Å². The molecule has 17 heavy (non-hydrogen) atoms. The Hall–Kier alpha value is -2.28. The number of carbonyl (C=O) groups excluding carboxylic acids is 1. The Morgan fingerprint density at radius 1 is 1.29 bits per heavy atom. The van der Waals surface area contributed by atoms with Crippen LogP contribution in [0.4, 0.5) is 0 Å². The van der Waals surface area contributed by atoms with Crippen LogP contribution in [0.3, 0.4) is 0 Å². The average Bonchev–Trinajstić information content (AvgIpc) is 2.30. The third-order valence-electron chi connectivity index (χ3n) is 2.14. The summed E-state index contributed by atoms with van der Waals surface area (Å²) in [5.74, 6) is 3.65. The number of aromatic carboxylic acids is 1. The summed E-state index contributed by atoms with van der Waals surface area (Å²) in [5, 5.41) is 11.4. The van der Waals surface area contributed by atoms with Crippen LogP contribution in [-0.4, -0.2) is 23.5 Å². The standard InChI is InChI=1S/C13H13NO3/c1-2-3-12(15)14-9-8-10-4-6-11(7-5-10)13(16)17/h4-7H,8-9H2,1H3,(H,14,15)(H,16,17). The van der Waals surface area contributed by atoms with Gasteiger partial charge < -0.3 is 10.4 Å². The molecule has 0 fully saturated rings. The van der Waals surface area contributed by atoms with Crippen molar-refractivity contribution < 1.29 is 14.7 Å². The molecule has 0 aliphatic carbocycles. The third-order valence-corrected chi connectivity index (χ3v) is 2.14. The molecule has 0 aliphatic heterocycles. The molecule has 0 atom stereocenters. The van der Waals surface area contributed by atoms with Crippen molar-refractivity contribution in [2.24, 2.45) is 0 Å². The van der Waals surface area contributed by atoms with Gasteiger partial charge in [-0.1, -0.05) is 18.1 Å². The Bertz CT molecular complexity index is 466. The molecule has 4 nitrogen and oxygen atoms in total. The van der Waals surface area contributed by atoms with Crippen molar-refractivity contribution in [1.82, 2.24) is 5.32 Å². The maximum atomic E-state index is 11.0. The van der Waals surface area contributed by atoms with E-state index in [0.717, 1.165) is 5.56 Å². The van der Waals surface area contributed by atoms with Gasteiger partial charge in [-0.15, -0.1) is 0 Å². The highest BCUT2D eigenvalue weighted by Gasteiger charge is 2.01. The molecule has 2 N–H and O–H groups in total. The van der Waals surface area contributed by atoms with Crippen molar-refractivity contribution in [2.75, 3.05) is 6.54 Å². The lowest BCUT2D eigenvalue weighted by Crippen LogP contribution is -2.23. The Morgan fingerprint density at radius 3 is 2.47 bits per heavy atom. The van der Waals surface area contributed by atoms with Gasteiger partial charge in [-0.25, -0.2) is 4.79 Å². The minimum absolute atomic E-state index is 0.259. The van der Waals surface area contributed by atoms with Crippen LogP contribution in [0.25, 0.3) is 0 Å². The van der Waals surface area contributed by atoms with Crippen LogP contribution in [0.2, 0.25) is 0 Å². The van der Waals surface area contributed by atoms with E-state index >= 15 is 0 Å². The fourth-order valence-electron chi connectivity index (χ4n) is 1.29. The summed E-state index contributed by atoms with van der Waals surface area (Å²) in [6.07, 6.45) is 0.650. The van der Waals surface area contributed by atoms with Crippen LogP contribution in [0.1, 0.15) is 22.8 Å². The lowest BCUT2D eigenvalue weighted by atomic mass is 10.1. The zero-order chi connectivity index (χ0) is 12.7. The first-order valence-corrected chi connectivity index (χ1v) is 5.16. The molecule has 0 saturated heterocycles. The minimum atomic E-state index is -0.942. The number of benzene rings is 1. The molecular formula is C13H13NO3. The Labute approximate surface area is 99.7 Å². The van der Waals surface area contributed by atoms with Crippen LogP contribution in [-0.2, 0) is 11.2 Å². The SMILES string of the molecule is CC#CC(=O)NCCc1ccc(C(=O)O)cc1. The third kappa shape index (κ3) is 4.39. The topological polar surface area (TPSA) is 66.4 Å². The zero-order valence-electron chi connectivity index (χ0n) is 9.49. The lowest BCUT2D eigenvalue weighted by Gasteiger charge is -2.02. The minimum Gasteiger partial charge on any atom is -0.478 e. The predicted molar refractivity (Wildman–Crippen MR) is 63.6 cm³/mol. The molecule has 1 aromatic carbocycles. The number of carbonyl (C=O) groups is 2. The van der Waals surface area contributed by atoms with E-state index in [1.54, 1.807) is 31.2 Å². The van der Waals surface area contributed by atoms with Crippen molar-refractivity contribution in [3.63, 3.8) is 0 Å². The van der Waals surface area contributed by atoms with E-state index in [2.05, 4.69) is 17.2 Å². The Balaban J connectivity index is 2.44. The largest absolute Gasteiger partial charge is 0.478 e. The van der Waals surface area contributed by atoms with Crippen molar-refractivity contribution in [1.29, 1.82) is 0 Å². The summed E-state index contributed by atoms with van der Waals surface area (Å²) in [6.45, 7) is 2.09. The number of amides is 1. The second kappa shape index (κ2) is 6.33. The van der Waals surface area contributed by atoms with E-state index in [-0.39, 0.29) is 11.5 Å². The first kappa shape index (κ1) is 12.8. The van der Waals surface area contributed by atoms with Gasteiger partial charge in [0, 0.05) is 6.54 Å². The molecule has 0 radical (unpaired) electrons. The fraction of sp³-hybridized carbons (Fsp3) is 0.231. The van der Waals surface area contributed by atoms with Gasteiger partial charge in [0.15, 0.2) is 0 Å². The quantitative estimate of drug-likeness (QED) is 0.762. The Morgan fingerprint density at radius 2 is 1.94 bits per heavy atom. The molecule has 0 aliphatic rings. The first-order valence-electron chi connectivity index (χ1n) is 5.16. The molecule has 1 aromatic rings. The normalized spacial score (nSPS) is 9.00. The van der Waals surface area contributed by atoms with Crippen molar-refractivity contribution in [3.8, 4) is 11.8 Å². The van der Waals surface area contributed by atoms with E-state index in [4.69, 9.17) is 5.11 Å². The first-order chi connectivity index (χ1) is 8.13. The lowest BCUT2D eigenvalue weighted by molar-refractivity contribution is -0.115. The van der Waals surface area contributed by atoms with Crippen LogP contribution in [0.5, 0.6) is 0 Å². The Kier molecular flexibility index (Phi) is 4.77. The molecule has 0 spiro atoms. The van der Waals surface area contributed by atoms with Gasteiger partial charge in [-0.3, -0.25) is 4.79 Å². The van der Waals surface area contributed by atoms with Gasteiger partial charge in [0.25, 0.3) is 5.91 Å². The van der Waals surface area contributed by atoms with E-state index in [0.29, 0.717) is 13.0 Å². The van der Waals surface area contributed by atoms with E-state index < -0.39 is 5.97 Å². The second-order valence-electron chi connectivity index (χ2n) is 3.38. The summed E-state index contributed by atoms with van der Waals surface area (Å²) in [6, 6.07) is 6.57. The van der Waals surface area contributed by atoms with E-state index in [1.165, 1.54) is 0 Å². The second-order valence-corrected chi connectivity index (χ2v) is 3.38. The van der Waals surface area contributed by atoms with Crippen molar-refractivity contribution >= 4 is 11.9 Å². The number of hydrogen-bond acceptors (Lipinski definition) is 2. The van der Waals surface area contributed by atoms with Gasteiger partial charge in [0.05, 0.1) is 5.56 Å². The molecule has 1 rings (SSSR count). The number of carboxylic acids is 1. The maximum Gasteiger partial charge on any atom is 0.335 e. The van der Waals surface area contributed by atoms with Crippen LogP contribution in [0.15, 0.2) is 24.3 Å². The van der Waals surface area contributed by atoms with Crippen LogP contribution < -0.4 is 5.32 Å². The molecule has 0 aromatic heterocycles. The molecule has 0 bridgehead atoms. The highest BCUT2D eigenvalue weighted by Crippen LogP contribution is 2.04. The summed E-state index contributed by atoms with van der Waals surface area (Å²) in [4.78, 5) is 21.6. The molecule has 4 heteroatoms. The molecule has 0 heterocycles. The smallest absolute Gasteiger partial charge is 0.335 e. The van der Waals surface area contributed by atoms with Crippen molar-refractivity contribution in [3.05, 3.63) is 35.4 Å². The molecule has 0 saturated carbocycles. The molecule has 88 valence electrons. The number of carboxylic acid groups (broad SMARTS) is 1. The monoisotopic (exact) mass is 231 g/mol. The number of nitrogens with one attached hydrogen (secondary N) is 1.